The van der Waals surface area contributed by atoms with Gasteiger partial charge in [0, 0.05) is 37.3 Å². The van der Waals surface area contributed by atoms with Gasteiger partial charge >= 0.3 is 0 Å². The second kappa shape index (κ2) is 7.18. The molecule has 1 N–H and O–H groups in total. The van der Waals surface area contributed by atoms with Crippen LogP contribution in [-0.4, -0.2) is 54.3 Å². The maximum atomic E-state index is 12.9. The Kier molecular flexibility index (Phi) is 5.16. The van der Waals surface area contributed by atoms with E-state index in [4.69, 9.17) is 9.47 Å². The third-order valence-corrected chi connectivity index (χ3v) is 4.80. The molecule has 1 aliphatic heterocycles. The summed E-state index contributed by atoms with van der Waals surface area (Å²) in [5.74, 6) is 0.139. The van der Waals surface area contributed by atoms with Gasteiger partial charge in [-0.15, -0.1) is 0 Å². The molecule has 0 bridgehead atoms. The van der Waals surface area contributed by atoms with Gasteiger partial charge < -0.3 is 19.4 Å². The van der Waals surface area contributed by atoms with E-state index in [9.17, 15) is 4.79 Å². The summed E-state index contributed by atoms with van der Waals surface area (Å²) >= 11 is 0. The van der Waals surface area contributed by atoms with Crippen molar-refractivity contribution in [3.8, 4) is 0 Å². The van der Waals surface area contributed by atoms with Crippen molar-refractivity contribution in [1.82, 2.24) is 9.88 Å². The number of ether oxygens (including phenoxy) is 2. The van der Waals surface area contributed by atoms with Gasteiger partial charge in [-0.2, -0.15) is 0 Å². The van der Waals surface area contributed by atoms with Crippen LogP contribution in [0.25, 0.3) is 10.9 Å². The Labute approximate surface area is 149 Å². The number of aromatic nitrogens is 1. The van der Waals surface area contributed by atoms with Crippen molar-refractivity contribution in [1.29, 1.82) is 0 Å². The van der Waals surface area contributed by atoms with Gasteiger partial charge in [0.1, 0.15) is 0 Å². The molecule has 5 nitrogen and oxygen atoms in total. The molecule has 0 radical (unpaired) electrons. The predicted octanol–water partition coefficient (Wildman–Crippen LogP) is 2.93. The summed E-state index contributed by atoms with van der Waals surface area (Å²) in [5, 5.41) is 1.15. The number of nitrogens with zero attached hydrogens (tertiary/aromatic N) is 1. The number of nitrogens with one attached hydrogen (secondary N) is 1. The highest BCUT2D eigenvalue weighted by atomic mass is 16.5. The number of para-hydroxylation sites is 1. The Morgan fingerprint density at radius 1 is 1.40 bits per heavy atom. The van der Waals surface area contributed by atoms with Gasteiger partial charge in [0.15, 0.2) is 0 Å². The van der Waals surface area contributed by atoms with E-state index in [0.29, 0.717) is 26.1 Å². The summed E-state index contributed by atoms with van der Waals surface area (Å²) in [6.07, 6.45) is 3.28. The Morgan fingerprint density at radius 3 is 2.92 bits per heavy atom. The molecule has 1 fully saturated rings. The zero-order chi connectivity index (χ0) is 18.0. The minimum atomic E-state index is -0.354. The van der Waals surface area contributed by atoms with Crippen molar-refractivity contribution in [3.05, 3.63) is 35.5 Å². The molecule has 1 saturated heterocycles. The van der Waals surface area contributed by atoms with Crippen LogP contribution in [0.4, 0.5) is 0 Å². The third kappa shape index (κ3) is 3.88. The van der Waals surface area contributed by atoms with Crippen LogP contribution in [-0.2, 0) is 27.1 Å². The van der Waals surface area contributed by atoms with Crippen LogP contribution in [0, 0.1) is 0 Å². The Bertz CT molecular complexity index is 750. The molecule has 1 aliphatic rings. The van der Waals surface area contributed by atoms with E-state index in [2.05, 4.69) is 30.1 Å². The first-order valence-corrected chi connectivity index (χ1v) is 8.96. The summed E-state index contributed by atoms with van der Waals surface area (Å²) in [5.41, 5.74) is 3.13. The van der Waals surface area contributed by atoms with Crippen molar-refractivity contribution < 1.29 is 14.3 Å². The molecule has 0 unspecified atom stereocenters. The van der Waals surface area contributed by atoms with Crippen molar-refractivity contribution in [2.45, 2.75) is 45.3 Å². The Hall–Kier alpha value is -1.85. The number of methoxy groups -OCH3 is 1. The molecule has 0 saturated carbocycles. The topological polar surface area (TPSA) is 54.6 Å². The number of amides is 1. The lowest BCUT2D eigenvalue weighted by atomic mass is 10.0. The van der Waals surface area contributed by atoms with Crippen LogP contribution in [0.15, 0.2) is 24.4 Å². The predicted molar refractivity (Wildman–Crippen MR) is 98.8 cm³/mol. The second-order valence-electron chi connectivity index (χ2n) is 7.41. The first kappa shape index (κ1) is 18.0. The Morgan fingerprint density at radius 2 is 2.20 bits per heavy atom. The number of benzene rings is 1. The summed E-state index contributed by atoms with van der Waals surface area (Å²) in [7, 11) is 1.66. The van der Waals surface area contributed by atoms with E-state index >= 15 is 0 Å². The molecule has 1 aromatic heterocycles. The molecule has 0 aliphatic carbocycles. The van der Waals surface area contributed by atoms with E-state index in [-0.39, 0.29) is 17.6 Å². The molecule has 2 heterocycles. The lowest BCUT2D eigenvalue weighted by Gasteiger charge is -2.42. The summed E-state index contributed by atoms with van der Waals surface area (Å²) in [4.78, 5) is 18.2. The molecule has 2 aromatic rings. The minimum Gasteiger partial charge on any atom is -0.382 e. The van der Waals surface area contributed by atoms with E-state index in [0.717, 1.165) is 22.9 Å². The number of aryl methyl sites for hydroxylation is 1. The molecule has 136 valence electrons. The number of carbonyl (C=O) groups excluding carboxylic acids is 1. The fourth-order valence-corrected chi connectivity index (χ4v) is 3.75. The lowest BCUT2D eigenvalue weighted by Crippen LogP contribution is -2.56. The third-order valence-electron chi connectivity index (χ3n) is 4.80. The average Bonchev–Trinajstić information content (AvgIpc) is 2.96. The highest BCUT2D eigenvalue weighted by Crippen LogP contribution is 2.25. The lowest BCUT2D eigenvalue weighted by molar-refractivity contribution is -0.168. The number of hydrogen-bond donors (Lipinski definition) is 1. The molecule has 3 rings (SSSR count). The van der Waals surface area contributed by atoms with Crippen molar-refractivity contribution in [2.24, 2.45) is 0 Å². The molecule has 0 spiro atoms. The summed E-state index contributed by atoms with van der Waals surface area (Å²) < 4.78 is 11.2. The molecular weight excluding hydrogens is 316 g/mol. The number of morpholine rings is 1. The van der Waals surface area contributed by atoms with Crippen molar-refractivity contribution in [3.63, 3.8) is 0 Å². The van der Waals surface area contributed by atoms with Crippen molar-refractivity contribution in [2.75, 3.05) is 26.8 Å². The number of H-pyrrole nitrogens is 1. The van der Waals surface area contributed by atoms with Crippen LogP contribution < -0.4 is 0 Å². The molecule has 25 heavy (non-hydrogen) atoms. The first-order valence-electron chi connectivity index (χ1n) is 8.96. The van der Waals surface area contributed by atoms with Gasteiger partial charge in [-0.1, -0.05) is 25.1 Å². The molecule has 1 aromatic carbocycles. The van der Waals surface area contributed by atoms with Crippen molar-refractivity contribution >= 4 is 16.8 Å². The zero-order valence-corrected chi connectivity index (χ0v) is 15.6. The van der Waals surface area contributed by atoms with E-state index in [1.165, 1.54) is 5.56 Å². The van der Waals surface area contributed by atoms with E-state index in [1.807, 2.05) is 24.9 Å². The fourth-order valence-electron chi connectivity index (χ4n) is 3.75. The number of carbonyl (C=O) groups is 1. The minimum absolute atomic E-state index is 0.0765. The van der Waals surface area contributed by atoms with E-state index in [1.54, 1.807) is 7.11 Å². The number of hydrogen-bond acceptors (Lipinski definition) is 3. The molecule has 1 amide bonds. The molecule has 5 heteroatoms. The van der Waals surface area contributed by atoms with Gasteiger partial charge in [0.25, 0.3) is 0 Å². The van der Waals surface area contributed by atoms with Gasteiger partial charge in [0.05, 0.1) is 24.7 Å². The quantitative estimate of drug-likeness (QED) is 0.907. The second-order valence-corrected chi connectivity index (χ2v) is 7.41. The number of rotatable bonds is 5. The smallest absolute Gasteiger partial charge is 0.227 e. The Balaban J connectivity index is 1.78. The first-order chi connectivity index (χ1) is 11.9. The van der Waals surface area contributed by atoms with Gasteiger partial charge in [-0.3, -0.25) is 4.79 Å². The van der Waals surface area contributed by atoms with Gasteiger partial charge in [0.2, 0.25) is 5.91 Å². The highest BCUT2D eigenvalue weighted by molar-refractivity contribution is 5.90. The SMILES string of the molecule is CCc1cccc2c(CC(=O)N3C[C@H](COC)OC(C)(C)C3)c[nH]c12. The molecular formula is C20H28N2O3. The summed E-state index contributed by atoms with van der Waals surface area (Å²) in [6, 6.07) is 6.28. The monoisotopic (exact) mass is 344 g/mol. The van der Waals surface area contributed by atoms with Gasteiger partial charge in [-0.25, -0.2) is 0 Å². The largest absolute Gasteiger partial charge is 0.382 e. The van der Waals surface area contributed by atoms with Crippen LogP contribution >= 0.6 is 0 Å². The maximum Gasteiger partial charge on any atom is 0.227 e. The maximum absolute atomic E-state index is 12.9. The van der Waals surface area contributed by atoms with Crippen LogP contribution in [0.3, 0.4) is 0 Å². The average molecular weight is 344 g/mol. The van der Waals surface area contributed by atoms with Crippen LogP contribution in [0.5, 0.6) is 0 Å². The standard InChI is InChI=1S/C20H28N2O3/c1-5-14-7-6-8-17-15(10-21-19(14)17)9-18(23)22-11-16(12-24-4)25-20(2,3)13-22/h6-8,10,16,21H,5,9,11-13H2,1-4H3/t16-/m1/s1. The van der Waals surface area contributed by atoms with E-state index < -0.39 is 0 Å². The number of aromatic amines is 1. The normalized spacial score (nSPS) is 20.2. The fraction of sp³-hybridized carbons (Fsp3) is 0.550. The highest BCUT2D eigenvalue weighted by Gasteiger charge is 2.35. The van der Waals surface area contributed by atoms with Crippen LogP contribution in [0.2, 0.25) is 0 Å². The van der Waals surface area contributed by atoms with Crippen LogP contribution in [0.1, 0.15) is 31.9 Å². The summed E-state index contributed by atoms with van der Waals surface area (Å²) in [6.45, 7) is 7.88. The number of fused-ring (bicyclic) bond motifs is 1. The molecule has 1 atom stereocenters. The van der Waals surface area contributed by atoms with Gasteiger partial charge in [-0.05, 0) is 31.4 Å². The zero-order valence-electron chi connectivity index (χ0n) is 15.6.